The first kappa shape index (κ1) is 16.3. The van der Waals surface area contributed by atoms with Gasteiger partial charge in [-0.1, -0.05) is 20.8 Å². The van der Waals surface area contributed by atoms with Gasteiger partial charge in [-0.15, -0.1) is 0 Å². The van der Waals surface area contributed by atoms with E-state index in [-0.39, 0.29) is 0 Å². The zero-order valence-corrected chi connectivity index (χ0v) is 14.0. The lowest BCUT2D eigenvalue weighted by Crippen LogP contribution is -2.40. The van der Waals surface area contributed by atoms with Crippen LogP contribution in [0.2, 0.25) is 0 Å². The summed E-state index contributed by atoms with van der Waals surface area (Å²) in [6, 6.07) is 0. The zero-order valence-electron chi connectivity index (χ0n) is 14.0. The normalized spacial score (nSPS) is 33.3. The molecule has 118 valence electrons. The summed E-state index contributed by atoms with van der Waals surface area (Å²) in [6.07, 6.45) is 9.85. The van der Waals surface area contributed by atoms with Gasteiger partial charge in [-0.3, -0.25) is 0 Å². The molecule has 1 aliphatic heterocycles. The summed E-state index contributed by atoms with van der Waals surface area (Å²) < 4.78 is 0. The molecule has 1 aliphatic carbocycles. The molecule has 2 rings (SSSR count). The Morgan fingerprint density at radius 3 is 2.30 bits per heavy atom. The van der Waals surface area contributed by atoms with Crippen molar-refractivity contribution in [2.24, 2.45) is 28.9 Å². The fourth-order valence-corrected chi connectivity index (χ4v) is 4.36. The van der Waals surface area contributed by atoms with Crippen molar-refractivity contribution in [2.75, 3.05) is 26.2 Å². The molecule has 0 aromatic carbocycles. The summed E-state index contributed by atoms with van der Waals surface area (Å²) in [4.78, 5) is 2.74. The second-order valence-corrected chi connectivity index (χ2v) is 8.43. The Balaban J connectivity index is 1.72. The minimum Gasteiger partial charge on any atom is -0.330 e. The molecule has 1 unspecified atom stereocenters. The van der Waals surface area contributed by atoms with Crippen LogP contribution in [0.4, 0.5) is 0 Å². The molecule has 2 heteroatoms. The molecule has 1 saturated heterocycles. The summed E-state index contributed by atoms with van der Waals surface area (Å²) in [7, 11) is 0. The van der Waals surface area contributed by atoms with E-state index >= 15 is 0 Å². The zero-order chi connectivity index (χ0) is 14.6. The molecule has 0 aromatic heterocycles. The van der Waals surface area contributed by atoms with Crippen LogP contribution >= 0.6 is 0 Å². The van der Waals surface area contributed by atoms with E-state index in [0.717, 1.165) is 24.3 Å². The minimum absolute atomic E-state index is 0.516. The number of rotatable bonds is 4. The highest BCUT2D eigenvalue weighted by molar-refractivity contribution is 4.83. The van der Waals surface area contributed by atoms with E-state index in [4.69, 9.17) is 5.73 Å². The highest BCUT2D eigenvalue weighted by atomic mass is 15.1. The van der Waals surface area contributed by atoms with E-state index in [1.165, 1.54) is 64.6 Å². The molecular formula is C18H36N2. The standard InChI is InChI=1S/C18H36N2/c1-18(2,3)17-8-6-16(7-9-17)14-20-12-4-5-15(13-20)10-11-19/h15-17H,4-14,19H2,1-3H3. The highest BCUT2D eigenvalue weighted by Crippen LogP contribution is 2.40. The van der Waals surface area contributed by atoms with Gasteiger partial charge in [0.1, 0.15) is 0 Å². The van der Waals surface area contributed by atoms with Crippen LogP contribution in [0.15, 0.2) is 0 Å². The topological polar surface area (TPSA) is 29.3 Å². The predicted octanol–water partition coefficient (Wildman–Crippen LogP) is 3.90. The Hall–Kier alpha value is -0.0800. The van der Waals surface area contributed by atoms with Crippen molar-refractivity contribution in [3.8, 4) is 0 Å². The van der Waals surface area contributed by atoms with Crippen molar-refractivity contribution >= 4 is 0 Å². The van der Waals surface area contributed by atoms with Gasteiger partial charge < -0.3 is 10.6 Å². The van der Waals surface area contributed by atoms with Gasteiger partial charge in [0.25, 0.3) is 0 Å². The van der Waals surface area contributed by atoms with Crippen molar-refractivity contribution in [3.63, 3.8) is 0 Å². The molecule has 1 atom stereocenters. The number of nitrogens with zero attached hydrogens (tertiary/aromatic N) is 1. The number of hydrogen-bond acceptors (Lipinski definition) is 2. The van der Waals surface area contributed by atoms with E-state index < -0.39 is 0 Å². The molecule has 2 N–H and O–H groups in total. The number of hydrogen-bond donors (Lipinski definition) is 1. The van der Waals surface area contributed by atoms with Crippen molar-refractivity contribution in [3.05, 3.63) is 0 Å². The average Bonchev–Trinajstić information content (AvgIpc) is 2.39. The maximum Gasteiger partial charge on any atom is 0.00103 e. The average molecular weight is 280 g/mol. The van der Waals surface area contributed by atoms with E-state index in [2.05, 4.69) is 25.7 Å². The van der Waals surface area contributed by atoms with Crippen LogP contribution in [0.25, 0.3) is 0 Å². The lowest BCUT2D eigenvalue weighted by Gasteiger charge is -2.40. The van der Waals surface area contributed by atoms with Crippen LogP contribution in [0, 0.1) is 23.2 Å². The first-order chi connectivity index (χ1) is 9.49. The Morgan fingerprint density at radius 1 is 1.00 bits per heavy atom. The number of nitrogens with two attached hydrogens (primary N) is 1. The molecule has 0 bridgehead atoms. The minimum atomic E-state index is 0.516. The first-order valence-corrected chi connectivity index (χ1v) is 8.91. The summed E-state index contributed by atoms with van der Waals surface area (Å²) >= 11 is 0. The Morgan fingerprint density at radius 2 is 1.70 bits per heavy atom. The Kier molecular flexibility index (Phi) is 5.92. The molecule has 0 aromatic rings. The molecule has 2 aliphatic rings. The van der Waals surface area contributed by atoms with Crippen LogP contribution in [0.1, 0.15) is 65.7 Å². The smallest absolute Gasteiger partial charge is 0.00103 e. The van der Waals surface area contributed by atoms with Crippen molar-refractivity contribution in [2.45, 2.75) is 65.7 Å². The van der Waals surface area contributed by atoms with E-state index in [0.29, 0.717) is 5.41 Å². The monoisotopic (exact) mass is 280 g/mol. The molecule has 1 saturated carbocycles. The molecule has 1 heterocycles. The van der Waals surface area contributed by atoms with E-state index in [9.17, 15) is 0 Å². The molecular weight excluding hydrogens is 244 g/mol. The third-order valence-electron chi connectivity index (χ3n) is 5.77. The Labute approximate surface area is 126 Å². The maximum absolute atomic E-state index is 5.73. The summed E-state index contributed by atoms with van der Waals surface area (Å²) in [5, 5.41) is 0. The maximum atomic E-state index is 5.73. The van der Waals surface area contributed by atoms with E-state index in [1.807, 2.05) is 0 Å². The van der Waals surface area contributed by atoms with Gasteiger partial charge in [-0.05, 0) is 81.2 Å². The van der Waals surface area contributed by atoms with Gasteiger partial charge >= 0.3 is 0 Å². The summed E-state index contributed by atoms with van der Waals surface area (Å²) in [5.74, 6) is 2.79. The second-order valence-electron chi connectivity index (χ2n) is 8.43. The van der Waals surface area contributed by atoms with Gasteiger partial charge in [-0.2, -0.15) is 0 Å². The van der Waals surface area contributed by atoms with Crippen molar-refractivity contribution in [1.29, 1.82) is 0 Å². The van der Waals surface area contributed by atoms with Gasteiger partial charge in [0, 0.05) is 13.1 Å². The van der Waals surface area contributed by atoms with E-state index in [1.54, 1.807) is 0 Å². The summed E-state index contributed by atoms with van der Waals surface area (Å²) in [5.41, 5.74) is 6.24. The fourth-order valence-electron chi connectivity index (χ4n) is 4.36. The molecule has 20 heavy (non-hydrogen) atoms. The predicted molar refractivity (Wildman–Crippen MR) is 87.7 cm³/mol. The van der Waals surface area contributed by atoms with Gasteiger partial charge in [0.15, 0.2) is 0 Å². The van der Waals surface area contributed by atoms with Crippen LogP contribution in [0.3, 0.4) is 0 Å². The molecule has 0 radical (unpaired) electrons. The molecule has 0 amide bonds. The molecule has 2 fully saturated rings. The summed E-state index contributed by atoms with van der Waals surface area (Å²) in [6.45, 7) is 12.1. The molecule has 0 spiro atoms. The van der Waals surface area contributed by atoms with Crippen molar-refractivity contribution < 1.29 is 0 Å². The number of likely N-dealkylation sites (tertiary alicyclic amines) is 1. The first-order valence-electron chi connectivity index (χ1n) is 8.91. The third kappa shape index (κ3) is 4.73. The second kappa shape index (κ2) is 7.26. The van der Waals surface area contributed by atoms with Crippen LogP contribution in [-0.2, 0) is 0 Å². The third-order valence-corrected chi connectivity index (χ3v) is 5.77. The molecule has 2 nitrogen and oxygen atoms in total. The Bertz CT molecular complexity index is 272. The highest BCUT2D eigenvalue weighted by Gasteiger charge is 2.31. The lowest BCUT2D eigenvalue weighted by atomic mass is 9.70. The lowest BCUT2D eigenvalue weighted by molar-refractivity contribution is 0.101. The van der Waals surface area contributed by atoms with Crippen LogP contribution < -0.4 is 5.73 Å². The van der Waals surface area contributed by atoms with Gasteiger partial charge in [0.2, 0.25) is 0 Å². The van der Waals surface area contributed by atoms with Gasteiger partial charge in [0.05, 0.1) is 0 Å². The number of piperidine rings is 1. The van der Waals surface area contributed by atoms with Crippen LogP contribution in [0.5, 0.6) is 0 Å². The van der Waals surface area contributed by atoms with Crippen molar-refractivity contribution in [1.82, 2.24) is 4.90 Å². The largest absolute Gasteiger partial charge is 0.330 e. The fraction of sp³-hybridized carbons (Fsp3) is 1.00. The van der Waals surface area contributed by atoms with Gasteiger partial charge in [-0.25, -0.2) is 0 Å². The SMILES string of the molecule is CC(C)(C)C1CCC(CN2CCCC(CCN)C2)CC1. The van der Waals surface area contributed by atoms with Crippen LogP contribution in [-0.4, -0.2) is 31.1 Å². The quantitative estimate of drug-likeness (QED) is 0.846.